The summed E-state index contributed by atoms with van der Waals surface area (Å²) in [5.41, 5.74) is 5.72. The number of Topliss-reactive ketones (excluding diaryl/α,β-unsaturated/α-hetero) is 1. The highest BCUT2D eigenvalue weighted by Crippen LogP contribution is 2.47. The second kappa shape index (κ2) is 6.05. The molecule has 2 aliphatic heterocycles. The number of ketones is 1. The number of carboxylic acids is 1. The second-order valence-corrected chi connectivity index (χ2v) is 6.32. The molecule has 1 aromatic carbocycles. The lowest BCUT2D eigenvalue weighted by atomic mass is 10.1. The topological polar surface area (TPSA) is 110 Å². The summed E-state index contributed by atoms with van der Waals surface area (Å²) in [6, 6.07) is 7.65. The summed E-state index contributed by atoms with van der Waals surface area (Å²) in [7, 11) is 0. The average molecular weight is 334 g/mol. The molecule has 23 heavy (non-hydrogen) atoms. The Bertz CT molecular complexity index is 703. The van der Waals surface area contributed by atoms with E-state index in [0.29, 0.717) is 5.75 Å². The fourth-order valence-electron chi connectivity index (χ4n) is 2.41. The molecule has 3 rings (SSSR count). The van der Waals surface area contributed by atoms with Gasteiger partial charge in [0.05, 0.1) is 11.8 Å². The van der Waals surface area contributed by atoms with Gasteiger partial charge in [0, 0.05) is 4.91 Å². The Balaban J connectivity index is 1.72. The molecular formula is C15H14N2O5S. The number of hydrogen-bond donors (Lipinski definition) is 2. The molecule has 0 spiro atoms. The lowest BCUT2D eigenvalue weighted by molar-refractivity contribution is -0.145. The molecule has 1 unspecified atom stereocenters. The average Bonchev–Trinajstić information content (AvgIpc) is 2.86. The van der Waals surface area contributed by atoms with Crippen molar-refractivity contribution in [1.82, 2.24) is 4.90 Å². The molecule has 7 nitrogen and oxygen atoms in total. The highest BCUT2D eigenvalue weighted by molar-refractivity contribution is 8.04. The van der Waals surface area contributed by atoms with Crippen LogP contribution in [0.1, 0.15) is 6.42 Å². The Morgan fingerprint density at radius 3 is 2.70 bits per heavy atom. The van der Waals surface area contributed by atoms with Gasteiger partial charge in [-0.2, -0.15) is 0 Å². The number of thioether (sulfide) groups is 1. The van der Waals surface area contributed by atoms with Gasteiger partial charge in [-0.15, -0.1) is 0 Å². The number of carbonyl (C=O) groups excluding carboxylic acids is 2. The molecule has 0 bridgehead atoms. The predicted octanol–water partition coefficient (Wildman–Crippen LogP) is 0.563. The van der Waals surface area contributed by atoms with E-state index in [0.717, 1.165) is 11.8 Å². The Labute approximate surface area is 136 Å². The number of rotatable bonds is 6. The van der Waals surface area contributed by atoms with Crippen LogP contribution in [-0.4, -0.2) is 45.7 Å². The van der Waals surface area contributed by atoms with Gasteiger partial charge in [0.2, 0.25) is 5.91 Å². The normalized spacial score (nSPS) is 20.8. The van der Waals surface area contributed by atoms with Crippen LogP contribution in [0.4, 0.5) is 0 Å². The molecule has 1 fully saturated rings. The van der Waals surface area contributed by atoms with Crippen molar-refractivity contribution in [2.24, 2.45) is 5.73 Å². The first kappa shape index (κ1) is 15.6. The first-order valence-corrected chi connectivity index (χ1v) is 7.79. The highest BCUT2D eigenvalue weighted by Gasteiger charge is 2.50. The van der Waals surface area contributed by atoms with Crippen LogP contribution in [0.15, 0.2) is 40.9 Å². The van der Waals surface area contributed by atoms with E-state index in [1.54, 1.807) is 24.3 Å². The zero-order valence-corrected chi connectivity index (χ0v) is 12.8. The highest BCUT2D eigenvalue weighted by atomic mass is 32.2. The molecule has 3 N–H and O–H groups in total. The van der Waals surface area contributed by atoms with Gasteiger partial charge in [-0.05, 0) is 12.1 Å². The first-order valence-electron chi connectivity index (χ1n) is 6.91. The molecule has 0 aliphatic carbocycles. The number of hydrogen-bond acceptors (Lipinski definition) is 6. The van der Waals surface area contributed by atoms with Gasteiger partial charge in [-0.1, -0.05) is 30.0 Å². The van der Waals surface area contributed by atoms with Crippen molar-refractivity contribution in [3.05, 3.63) is 40.9 Å². The van der Waals surface area contributed by atoms with E-state index >= 15 is 0 Å². The summed E-state index contributed by atoms with van der Waals surface area (Å²) >= 11 is 1.16. The minimum Gasteiger partial charge on any atom is -0.486 e. The molecule has 1 saturated heterocycles. The van der Waals surface area contributed by atoms with E-state index in [-0.39, 0.29) is 34.9 Å². The summed E-state index contributed by atoms with van der Waals surface area (Å²) in [5.74, 6) is -1.44. The number of benzene rings is 1. The first-order chi connectivity index (χ1) is 11.0. The van der Waals surface area contributed by atoms with Crippen molar-refractivity contribution in [1.29, 1.82) is 0 Å². The predicted molar refractivity (Wildman–Crippen MR) is 82.4 cm³/mol. The molecule has 2 aliphatic rings. The van der Waals surface area contributed by atoms with Gasteiger partial charge in [0.1, 0.15) is 24.1 Å². The molecule has 0 aromatic heterocycles. The largest absolute Gasteiger partial charge is 0.486 e. The zero-order valence-electron chi connectivity index (χ0n) is 12.0. The van der Waals surface area contributed by atoms with E-state index in [1.165, 1.54) is 4.90 Å². The third kappa shape index (κ3) is 2.82. The quantitative estimate of drug-likeness (QED) is 0.732. The smallest absolute Gasteiger partial charge is 0.353 e. The van der Waals surface area contributed by atoms with Crippen LogP contribution in [0.5, 0.6) is 5.75 Å². The third-order valence-electron chi connectivity index (χ3n) is 3.60. The van der Waals surface area contributed by atoms with Crippen molar-refractivity contribution in [2.75, 3.05) is 6.61 Å². The lowest BCUT2D eigenvalue weighted by Crippen LogP contribution is -2.48. The van der Waals surface area contributed by atoms with Gasteiger partial charge in [-0.25, -0.2) is 4.79 Å². The maximum absolute atomic E-state index is 12.2. The van der Waals surface area contributed by atoms with Crippen molar-refractivity contribution in [3.8, 4) is 5.75 Å². The number of aliphatic carboxylic acids is 1. The number of nitrogens with two attached hydrogens (primary N) is 1. The molecule has 1 aromatic rings. The van der Waals surface area contributed by atoms with Crippen LogP contribution < -0.4 is 10.5 Å². The van der Waals surface area contributed by atoms with E-state index in [2.05, 4.69) is 0 Å². The van der Waals surface area contributed by atoms with Crippen LogP contribution >= 0.6 is 11.8 Å². The number of para-hydroxylation sites is 1. The number of β-lactam (4-membered cyclic amide) rings is 1. The molecule has 2 atom stereocenters. The van der Waals surface area contributed by atoms with Crippen molar-refractivity contribution >= 4 is 29.4 Å². The number of amides is 1. The van der Waals surface area contributed by atoms with Gasteiger partial charge in [-0.3, -0.25) is 14.5 Å². The van der Waals surface area contributed by atoms with Crippen LogP contribution in [0.3, 0.4) is 0 Å². The Morgan fingerprint density at radius 2 is 2.09 bits per heavy atom. The van der Waals surface area contributed by atoms with Crippen LogP contribution in [0, 0.1) is 0 Å². The lowest BCUT2D eigenvalue weighted by Gasteiger charge is -2.33. The molecule has 8 heteroatoms. The molecule has 0 saturated carbocycles. The monoisotopic (exact) mass is 334 g/mol. The minimum absolute atomic E-state index is 0.184. The summed E-state index contributed by atoms with van der Waals surface area (Å²) < 4.78 is 5.35. The maximum Gasteiger partial charge on any atom is 0.353 e. The van der Waals surface area contributed by atoms with Crippen molar-refractivity contribution in [3.63, 3.8) is 0 Å². The Kier molecular flexibility index (Phi) is 4.10. The van der Waals surface area contributed by atoms with E-state index in [9.17, 15) is 19.5 Å². The third-order valence-corrected chi connectivity index (χ3v) is 4.95. The summed E-state index contributed by atoms with van der Waals surface area (Å²) in [5, 5.41) is 9.03. The van der Waals surface area contributed by atoms with Gasteiger partial charge < -0.3 is 15.6 Å². The number of carboxylic acid groups (broad SMARTS) is 1. The number of fused-ring (bicyclic) bond motifs is 1. The van der Waals surface area contributed by atoms with E-state index in [4.69, 9.17) is 10.5 Å². The van der Waals surface area contributed by atoms with Crippen molar-refractivity contribution < 1.29 is 24.2 Å². The number of carbonyl (C=O) groups is 3. The fraction of sp³-hybridized carbons (Fsp3) is 0.267. The van der Waals surface area contributed by atoms with Crippen LogP contribution in [-0.2, 0) is 14.4 Å². The zero-order chi connectivity index (χ0) is 16.6. The molecular weight excluding hydrogens is 320 g/mol. The van der Waals surface area contributed by atoms with E-state index < -0.39 is 17.8 Å². The number of ether oxygens (including phenoxy) is 1. The summed E-state index contributed by atoms with van der Waals surface area (Å²) in [6.07, 6.45) is 0.256. The Morgan fingerprint density at radius 1 is 1.39 bits per heavy atom. The molecule has 120 valence electrons. The molecule has 1 amide bonds. The van der Waals surface area contributed by atoms with E-state index in [1.807, 2.05) is 6.07 Å². The molecule has 2 heterocycles. The Hall–Kier alpha value is -2.32. The maximum atomic E-state index is 12.2. The minimum atomic E-state index is -1.25. The van der Waals surface area contributed by atoms with Crippen molar-refractivity contribution in [2.45, 2.75) is 17.8 Å². The fourth-order valence-corrected chi connectivity index (χ4v) is 3.83. The number of nitrogens with zero attached hydrogens (tertiary/aromatic N) is 1. The van der Waals surface area contributed by atoms with Crippen LogP contribution in [0.25, 0.3) is 0 Å². The van der Waals surface area contributed by atoms with Gasteiger partial charge >= 0.3 is 5.97 Å². The second-order valence-electron chi connectivity index (χ2n) is 5.10. The molecule has 0 radical (unpaired) electrons. The summed E-state index contributed by atoms with van der Waals surface area (Å²) in [4.78, 5) is 36.5. The van der Waals surface area contributed by atoms with Gasteiger partial charge in [0.15, 0.2) is 5.78 Å². The summed E-state index contributed by atoms with van der Waals surface area (Å²) in [6.45, 7) is -0.263. The van der Waals surface area contributed by atoms with Crippen LogP contribution in [0.2, 0.25) is 0 Å². The van der Waals surface area contributed by atoms with Gasteiger partial charge in [0.25, 0.3) is 0 Å². The standard InChI is InChI=1S/C15H14N2O5S/c16-12(9(18)7-22-8-4-2-1-3-5-8)14-13(15(20)21)17-10(19)6-11(17)23-14/h1-5,11-12H,6-7,16H2,(H,20,21)/t11-,12?/m1/s1. The SMILES string of the molecule is NC(C(=O)COc1ccccc1)C1=C(C(=O)O)N2C(=O)C[C@H]2S1.